The van der Waals surface area contributed by atoms with Crippen molar-refractivity contribution in [3.05, 3.63) is 107 Å². The number of aromatic hydroxyl groups is 1. The van der Waals surface area contributed by atoms with Crippen molar-refractivity contribution in [1.29, 1.82) is 0 Å². The summed E-state index contributed by atoms with van der Waals surface area (Å²) in [6.45, 7) is 5.64. The minimum absolute atomic E-state index is 0.0530. The molecule has 1 atom stereocenters. The summed E-state index contributed by atoms with van der Waals surface area (Å²) < 4.78 is 5.87. The smallest absolute Gasteiger partial charge is 0.303 e. The summed E-state index contributed by atoms with van der Waals surface area (Å²) >= 11 is 0. The number of carbonyl (C=O) groups excluding carboxylic acids is 2. The Morgan fingerprint density at radius 3 is 2.26 bits per heavy atom. The van der Waals surface area contributed by atoms with E-state index in [1.807, 2.05) is 6.07 Å². The van der Waals surface area contributed by atoms with E-state index in [1.54, 1.807) is 73.7 Å². The first-order valence-corrected chi connectivity index (χ1v) is 11.3. The SMILES string of the molecule is C=CCc1c(COc2ccc(C(=O)CC(C)CC(=O)O)cc2)ccc(C(=O)c2ccccc2)c1O. The van der Waals surface area contributed by atoms with Crippen molar-refractivity contribution < 1.29 is 29.3 Å². The molecule has 0 amide bonds. The number of allylic oxidation sites excluding steroid dienone is 1. The second kappa shape index (κ2) is 11.8. The average Bonchev–Trinajstić information content (AvgIpc) is 2.84. The molecular formula is C29H28O6. The molecule has 2 N–H and O–H groups in total. The van der Waals surface area contributed by atoms with Crippen LogP contribution < -0.4 is 4.74 Å². The quantitative estimate of drug-likeness (QED) is 0.262. The lowest BCUT2D eigenvalue weighted by Gasteiger charge is -2.15. The normalized spacial score (nSPS) is 11.5. The number of ketones is 2. The molecule has 0 saturated carbocycles. The fraction of sp³-hybridized carbons (Fsp3) is 0.207. The molecule has 0 saturated heterocycles. The van der Waals surface area contributed by atoms with Gasteiger partial charge in [0.1, 0.15) is 18.1 Å². The van der Waals surface area contributed by atoms with Crippen molar-refractivity contribution in [1.82, 2.24) is 0 Å². The van der Waals surface area contributed by atoms with Gasteiger partial charge in [0.2, 0.25) is 0 Å². The van der Waals surface area contributed by atoms with E-state index in [-0.39, 0.29) is 48.2 Å². The number of carbonyl (C=O) groups is 3. The maximum absolute atomic E-state index is 12.8. The summed E-state index contributed by atoms with van der Waals surface area (Å²) in [6, 6.07) is 18.8. The number of phenols is 1. The first-order valence-electron chi connectivity index (χ1n) is 11.3. The van der Waals surface area contributed by atoms with Crippen LogP contribution in [0.3, 0.4) is 0 Å². The predicted octanol–water partition coefficient (Wildman–Crippen LogP) is 5.61. The Kier molecular flexibility index (Phi) is 8.57. The van der Waals surface area contributed by atoms with Gasteiger partial charge >= 0.3 is 5.97 Å². The third kappa shape index (κ3) is 6.67. The van der Waals surface area contributed by atoms with Crippen molar-refractivity contribution >= 4 is 17.5 Å². The third-order valence-electron chi connectivity index (χ3n) is 5.64. The maximum atomic E-state index is 12.8. The number of Topliss-reactive ketones (excluding diaryl/α,β-unsaturated/α-hetero) is 1. The Hall–Kier alpha value is -4.19. The zero-order chi connectivity index (χ0) is 25.4. The van der Waals surface area contributed by atoms with Gasteiger partial charge in [-0.1, -0.05) is 49.4 Å². The molecule has 3 aromatic rings. The monoisotopic (exact) mass is 472 g/mol. The highest BCUT2D eigenvalue weighted by Gasteiger charge is 2.19. The number of hydrogen-bond acceptors (Lipinski definition) is 5. The van der Waals surface area contributed by atoms with Gasteiger partial charge < -0.3 is 14.9 Å². The minimum Gasteiger partial charge on any atom is -0.507 e. The second-order valence-corrected chi connectivity index (χ2v) is 8.43. The number of benzene rings is 3. The number of hydrogen-bond donors (Lipinski definition) is 2. The highest BCUT2D eigenvalue weighted by atomic mass is 16.5. The van der Waals surface area contributed by atoms with Gasteiger partial charge in [-0.2, -0.15) is 0 Å². The molecule has 0 aliphatic heterocycles. The molecule has 0 aromatic heterocycles. The van der Waals surface area contributed by atoms with Crippen LogP contribution >= 0.6 is 0 Å². The molecule has 0 heterocycles. The highest BCUT2D eigenvalue weighted by molar-refractivity contribution is 6.11. The van der Waals surface area contributed by atoms with Crippen LogP contribution in [0.2, 0.25) is 0 Å². The summed E-state index contributed by atoms with van der Waals surface area (Å²) in [5.74, 6) is -1.11. The Morgan fingerprint density at radius 2 is 1.63 bits per heavy atom. The van der Waals surface area contributed by atoms with Crippen LogP contribution in [0.25, 0.3) is 0 Å². The largest absolute Gasteiger partial charge is 0.507 e. The lowest BCUT2D eigenvalue weighted by molar-refractivity contribution is -0.137. The highest BCUT2D eigenvalue weighted by Crippen LogP contribution is 2.30. The van der Waals surface area contributed by atoms with Gasteiger partial charge in [-0.05, 0) is 48.2 Å². The molecule has 3 aromatic carbocycles. The number of carboxylic acids is 1. The molecule has 35 heavy (non-hydrogen) atoms. The molecule has 6 nitrogen and oxygen atoms in total. The summed E-state index contributed by atoms with van der Waals surface area (Å²) in [7, 11) is 0. The van der Waals surface area contributed by atoms with Crippen LogP contribution in [0.4, 0.5) is 0 Å². The molecule has 180 valence electrons. The van der Waals surface area contributed by atoms with Gasteiger partial charge in [0.05, 0.1) is 5.56 Å². The first-order chi connectivity index (χ1) is 16.8. The molecule has 0 aliphatic carbocycles. The zero-order valence-electron chi connectivity index (χ0n) is 19.6. The van der Waals surface area contributed by atoms with E-state index in [9.17, 15) is 19.5 Å². The van der Waals surface area contributed by atoms with E-state index >= 15 is 0 Å². The van der Waals surface area contributed by atoms with Crippen LogP contribution in [0.5, 0.6) is 11.5 Å². The summed E-state index contributed by atoms with van der Waals surface area (Å²) in [4.78, 5) is 36.0. The van der Waals surface area contributed by atoms with Crippen LogP contribution in [0.1, 0.15) is 57.2 Å². The number of rotatable bonds is 12. The zero-order valence-corrected chi connectivity index (χ0v) is 19.6. The van der Waals surface area contributed by atoms with Gasteiger partial charge in [0.15, 0.2) is 11.6 Å². The molecule has 3 rings (SSSR count). The molecule has 0 aliphatic rings. The molecule has 0 radical (unpaired) electrons. The van der Waals surface area contributed by atoms with E-state index < -0.39 is 5.97 Å². The number of ether oxygens (including phenoxy) is 1. The summed E-state index contributed by atoms with van der Waals surface area (Å²) in [5.41, 5.74) is 2.49. The number of phenolic OH excluding ortho intramolecular Hbond substituents is 1. The lowest BCUT2D eigenvalue weighted by atomic mass is 9.95. The van der Waals surface area contributed by atoms with Gasteiger partial charge in [-0.25, -0.2) is 0 Å². The molecule has 0 spiro atoms. The third-order valence-corrected chi connectivity index (χ3v) is 5.64. The number of carboxylic acid groups (broad SMARTS) is 1. The first kappa shape index (κ1) is 25.4. The topological polar surface area (TPSA) is 101 Å². The van der Waals surface area contributed by atoms with Crippen LogP contribution in [0.15, 0.2) is 79.4 Å². The average molecular weight is 473 g/mol. The van der Waals surface area contributed by atoms with Crippen LogP contribution in [-0.4, -0.2) is 27.7 Å². The fourth-order valence-corrected chi connectivity index (χ4v) is 3.82. The molecular weight excluding hydrogens is 444 g/mol. The number of aliphatic carboxylic acids is 1. The Balaban J connectivity index is 1.71. The van der Waals surface area contributed by atoms with E-state index in [4.69, 9.17) is 9.84 Å². The lowest BCUT2D eigenvalue weighted by Crippen LogP contribution is -2.10. The van der Waals surface area contributed by atoms with Gasteiger partial charge in [0.25, 0.3) is 0 Å². The van der Waals surface area contributed by atoms with Crippen molar-refractivity contribution in [3.8, 4) is 11.5 Å². The molecule has 0 fully saturated rings. The van der Waals surface area contributed by atoms with Gasteiger partial charge in [0, 0.05) is 29.5 Å². The van der Waals surface area contributed by atoms with E-state index in [0.717, 1.165) is 5.56 Å². The van der Waals surface area contributed by atoms with Crippen molar-refractivity contribution in [2.45, 2.75) is 32.8 Å². The maximum Gasteiger partial charge on any atom is 0.303 e. The minimum atomic E-state index is -0.923. The van der Waals surface area contributed by atoms with Crippen molar-refractivity contribution in [2.75, 3.05) is 0 Å². The standard InChI is InChI=1S/C29H28O6/c1-3-7-24-22(12-15-25(29(24)34)28(33)21-8-5-4-6-9-21)18-35-23-13-10-20(11-14-23)26(30)16-19(2)17-27(31)32/h3-6,8-15,19,34H,1,7,16-18H2,2H3,(H,31,32). The summed E-state index contributed by atoms with van der Waals surface area (Å²) in [5, 5.41) is 19.7. The van der Waals surface area contributed by atoms with Gasteiger partial charge in [-0.15, -0.1) is 6.58 Å². The van der Waals surface area contributed by atoms with E-state index in [2.05, 4.69) is 6.58 Å². The second-order valence-electron chi connectivity index (χ2n) is 8.43. The molecule has 1 unspecified atom stereocenters. The van der Waals surface area contributed by atoms with Crippen LogP contribution in [-0.2, 0) is 17.8 Å². The van der Waals surface area contributed by atoms with E-state index in [1.165, 1.54) is 0 Å². The van der Waals surface area contributed by atoms with Crippen molar-refractivity contribution in [2.24, 2.45) is 5.92 Å². The van der Waals surface area contributed by atoms with E-state index in [0.29, 0.717) is 28.9 Å². The van der Waals surface area contributed by atoms with Crippen molar-refractivity contribution in [3.63, 3.8) is 0 Å². The summed E-state index contributed by atoms with van der Waals surface area (Å²) in [6.07, 6.45) is 2.12. The Morgan fingerprint density at radius 1 is 0.943 bits per heavy atom. The predicted molar refractivity (Wildman–Crippen MR) is 133 cm³/mol. The molecule has 6 heteroatoms. The Bertz CT molecular complexity index is 1210. The molecule has 0 bridgehead atoms. The fourth-order valence-electron chi connectivity index (χ4n) is 3.82. The Labute approximate surface area is 204 Å². The van der Waals surface area contributed by atoms with Gasteiger partial charge in [-0.3, -0.25) is 14.4 Å². The van der Waals surface area contributed by atoms with Crippen LogP contribution in [0, 0.1) is 5.92 Å².